The number of fused-ring (bicyclic) bond motifs is 1. The molecule has 0 bridgehead atoms. The standard InChI is InChI=1S/C12H9Br2F3N2O/c1-4-8(18)7-9(19-11(4)12(15,16)17)5(13)3-6(14)10(7)20-2/h3H,1-2H3,(H2,18,19). The summed E-state index contributed by atoms with van der Waals surface area (Å²) in [5.41, 5.74) is 4.87. The highest BCUT2D eigenvalue weighted by atomic mass is 79.9. The number of halogens is 5. The van der Waals surface area contributed by atoms with Gasteiger partial charge in [-0.3, -0.25) is 0 Å². The molecule has 0 fully saturated rings. The summed E-state index contributed by atoms with van der Waals surface area (Å²) in [6, 6.07) is 1.57. The van der Waals surface area contributed by atoms with Gasteiger partial charge in [-0.25, -0.2) is 4.98 Å². The van der Waals surface area contributed by atoms with Gasteiger partial charge in [0.05, 0.1) is 22.5 Å². The van der Waals surface area contributed by atoms with Gasteiger partial charge in [0.2, 0.25) is 0 Å². The fourth-order valence-corrected chi connectivity index (χ4v) is 3.35. The van der Waals surface area contributed by atoms with Crippen molar-refractivity contribution in [3.63, 3.8) is 0 Å². The van der Waals surface area contributed by atoms with Gasteiger partial charge >= 0.3 is 6.18 Å². The Bertz CT molecular complexity index is 702. The van der Waals surface area contributed by atoms with Crippen LogP contribution in [0.2, 0.25) is 0 Å². The number of pyridine rings is 1. The van der Waals surface area contributed by atoms with E-state index in [9.17, 15) is 13.2 Å². The lowest BCUT2D eigenvalue weighted by Gasteiger charge is -2.17. The Morgan fingerprint density at radius 1 is 1.25 bits per heavy atom. The fraction of sp³-hybridized carbons (Fsp3) is 0.250. The average Bonchev–Trinajstić information content (AvgIpc) is 2.32. The lowest BCUT2D eigenvalue weighted by Crippen LogP contribution is -2.13. The second-order valence-electron chi connectivity index (χ2n) is 4.09. The number of hydrogen-bond donors (Lipinski definition) is 1. The molecule has 20 heavy (non-hydrogen) atoms. The van der Waals surface area contributed by atoms with Gasteiger partial charge in [0.15, 0.2) is 0 Å². The van der Waals surface area contributed by atoms with Gasteiger partial charge in [0, 0.05) is 15.7 Å². The van der Waals surface area contributed by atoms with Gasteiger partial charge in [0.25, 0.3) is 0 Å². The maximum atomic E-state index is 13.0. The zero-order chi connectivity index (χ0) is 15.2. The number of alkyl halides is 3. The Balaban J connectivity index is 3.01. The summed E-state index contributed by atoms with van der Waals surface area (Å²) in [5.74, 6) is 0.352. The van der Waals surface area contributed by atoms with Gasteiger partial charge < -0.3 is 10.5 Å². The predicted molar refractivity (Wildman–Crippen MR) is 77.8 cm³/mol. The van der Waals surface area contributed by atoms with Crippen molar-refractivity contribution < 1.29 is 17.9 Å². The second kappa shape index (κ2) is 5.07. The number of methoxy groups -OCH3 is 1. The lowest BCUT2D eigenvalue weighted by molar-refractivity contribution is -0.141. The summed E-state index contributed by atoms with van der Waals surface area (Å²) in [4.78, 5) is 3.70. The smallest absolute Gasteiger partial charge is 0.433 e. The van der Waals surface area contributed by atoms with Crippen LogP contribution in [0, 0.1) is 6.92 Å². The summed E-state index contributed by atoms with van der Waals surface area (Å²) in [5, 5.41) is 0.347. The molecular weight excluding hydrogens is 405 g/mol. The van der Waals surface area contributed by atoms with Crippen molar-refractivity contribution >= 4 is 48.5 Å². The van der Waals surface area contributed by atoms with Gasteiger partial charge in [-0.05, 0) is 44.8 Å². The zero-order valence-electron chi connectivity index (χ0n) is 10.4. The first-order chi connectivity index (χ1) is 9.18. The molecule has 0 aliphatic carbocycles. The van der Waals surface area contributed by atoms with E-state index in [4.69, 9.17) is 10.5 Å². The van der Waals surface area contributed by atoms with E-state index < -0.39 is 11.9 Å². The number of hydrogen-bond acceptors (Lipinski definition) is 3. The number of anilines is 1. The van der Waals surface area contributed by atoms with Gasteiger partial charge in [-0.1, -0.05) is 0 Å². The molecule has 1 aromatic heterocycles. The molecule has 0 aliphatic rings. The first-order valence-electron chi connectivity index (χ1n) is 5.37. The molecule has 0 saturated heterocycles. The number of aromatic nitrogens is 1. The highest BCUT2D eigenvalue weighted by Crippen LogP contribution is 2.44. The van der Waals surface area contributed by atoms with Crippen LogP contribution in [0.4, 0.5) is 18.9 Å². The first kappa shape index (κ1) is 15.4. The van der Waals surface area contributed by atoms with Crippen LogP contribution >= 0.6 is 31.9 Å². The van der Waals surface area contributed by atoms with Gasteiger partial charge in [-0.2, -0.15) is 13.2 Å². The Morgan fingerprint density at radius 3 is 2.35 bits per heavy atom. The zero-order valence-corrected chi connectivity index (χ0v) is 13.6. The van der Waals surface area contributed by atoms with Crippen LogP contribution in [0.5, 0.6) is 5.75 Å². The van der Waals surface area contributed by atoms with E-state index >= 15 is 0 Å². The van der Waals surface area contributed by atoms with E-state index in [1.165, 1.54) is 14.0 Å². The number of nitrogens with zero attached hydrogens (tertiary/aromatic N) is 1. The third-order valence-corrected chi connectivity index (χ3v) is 4.08. The number of benzene rings is 1. The SMILES string of the molecule is COc1c(Br)cc(Br)c2nc(C(F)(F)F)c(C)c(N)c12. The summed E-state index contributed by atoms with van der Waals surface area (Å²) in [6.45, 7) is 1.29. The lowest BCUT2D eigenvalue weighted by atomic mass is 10.1. The molecule has 2 aromatic rings. The van der Waals surface area contributed by atoms with Crippen molar-refractivity contribution in [2.75, 3.05) is 12.8 Å². The molecule has 108 valence electrons. The Hall–Kier alpha value is -1.02. The minimum atomic E-state index is -4.56. The van der Waals surface area contributed by atoms with Crippen LogP contribution in [-0.4, -0.2) is 12.1 Å². The minimum absolute atomic E-state index is 0.00109. The third-order valence-electron chi connectivity index (χ3n) is 2.89. The van der Waals surface area contributed by atoms with Crippen molar-refractivity contribution in [2.24, 2.45) is 0 Å². The normalized spacial score (nSPS) is 11.9. The summed E-state index contributed by atoms with van der Waals surface area (Å²) in [6.07, 6.45) is -4.56. The summed E-state index contributed by atoms with van der Waals surface area (Å²) >= 11 is 6.48. The van der Waals surface area contributed by atoms with Crippen molar-refractivity contribution in [3.8, 4) is 5.75 Å². The highest BCUT2D eigenvalue weighted by Gasteiger charge is 2.36. The first-order valence-corrected chi connectivity index (χ1v) is 6.96. The minimum Gasteiger partial charge on any atom is -0.495 e. The maximum absolute atomic E-state index is 13.0. The van der Waals surface area contributed by atoms with Gasteiger partial charge in [0.1, 0.15) is 11.4 Å². The maximum Gasteiger partial charge on any atom is 0.433 e. The Morgan fingerprint density at radius 2 is 1.85 bits per heavy atom. The molecule has 3 nitrogen and oxygen atoms in total. The quantitative estimate of drug-likeness (QED) is 0.738. The molecule has 1 aromatic carbocycles. The van der Waals surface area contributed by atoms with Crippen molar-refractivity contribution in [1.29, 1.82) is 0 Å². The largest absolute Gasteiger partial charge is 0.495 e. The van der Waals surface area contributed by atoms with E-state index in [0.29, 0.717) is 20.1 Å². The van der Waals surface area contributed by atoms with E-state index in [2.05, 4.69) is 36.8 Å². The number of rotatable bonds is 1. The monoisotopic (exact) mass is 412 g/mol. The van der Waals surface area contributed by atoms with Crippen molar-refractivity contribution in [2.45, 2.75) is 13.1 Å². The molecule has 2 N–H and O–H groups in total. The summed E-state index contributed by atoms with van der Waals surface area (Å²) in [7, 11) is 1.42. The van der Waals surface area contributed by atoms with Crippen LogP contribution < -0.4 is 10.5 Å². The van der Waals surface area contributed by atoms with Crippen LogP contribution in [0.15, 0.2) is 15.0 Å². The molecule has 0 saturated carbocycles. The number of nitrogens with two attached hydrogens (primary N) is 1. The van der Waals surface area contributed by atoms with E-state index in [0.717, 1.165) is 0 Å². The summed E-state index contributed by atoms with van der Waals surface area (Å²) < 4.78 is 45.1. The Kier molecular flexibility index (Phi) is 3.90. The van der Waals surface area contributed by atoms with Gasteiger partial charge in [-0.15, -0.1) is 0 Å². The van der Waals surface area contributed by atoms with E-state index in [1.807, 2.05) is 0 Å². The predicted octanol–water partition coefficient (Wildman–Crippen LogP) is 4.68. The van der Waals surface area contributed by atoms with Crippen molar-refractivity contribution in [3.05, 3.63) is 26.3 Å². The Labute approximate surface area is 129 Å². The number of nitrogen functional groups attached to an aromatic ring is 1. The van der Waals surface area contributed by atoms with E-state index in [1.54, 1.807) is 6.07 Å². The highest BCUT2D eigenvalue weighted by molar-refractivity contribution is 9.11. The molecule has 0 aliphatic heterocycles. The average molecular weight is 414 g/mol. The van der Waals surface area contributed by atoms with Crippen LogP contribution in [0.25, 0.3) is 10.9 Å². The molecular formula is C12H9Br2F3N2O. The molecule has 0 atom stereocenters. The topological polar surface area (TPSA) is 48.1 Å². The van der Waals surface area contributed by atoms with E-state index in [-0.39, 0.29) is 16.8 Å². The van der Waals surface area contributed by atoms with Crippen LogP contribution in [-0.2, 0) is 6.18 Å². The molecule has 2 rings (SSSR count). The molecule has 8 heteroatoms. The molecule has 0 radical (unpaired) electrons. The molecule has 0 amide bonds. The third kappa shape index (κ3) is 2.35. The second-order valence-corrected chi connectivity index (χ2v) is 5.80. The molecule has 1 heterocycles. The number of ether oxygens (including phenoxy) is 1. The van der Waals surface area contributed by atoms with Crippen LogP contribution in [0.1, 0.15) is 11.3 Å². The molecule has 0 spiro atoms. The van der Waals surface area contributed by atoms with Crippen LogP contribution in [0.3, 0.4) is 0 Å². The molecule has 0 unspecified atom stereocenters. The fourth-order valence-electron chi connectivity index (χ4n) is 1.94. The van der Waals surface area contributed by atoms with Crippen molar-refractivity contribution in [1.82, 2.24) is 4.98 Å².